The molecule has 0 amide bonds. The molecule has 2 heterocycles. The van der Waals surface area contributed by atoms with Gasteiger partial charge in [-0.2, -0.15) is 5.26 Å². The molecule has 0 fully saturated rings. The van der Waals surface area contributed by atoms with Crippen molar-refractivity contribution in [1.82, 2.24) is 14.9 Å². The molecule has 4 rings (SSSR count). The number of imidazole rings is 1. The minimum absolute atomic E-state index is 0.268. The fraction of sp³-hybridized carbons (Fsp3) is 0.158. The zero-order chi connectivity index (χ0) is 17.2. The molecule has 2 N–H and O–H groups in total. The smallest absolute Gasteiger partial charge is 0.138 e. The Labute approximate surface area is 144 Å². The van der Waals surface area contributed by atoms with Gasteiger partial charge in [0.1, 0.15) is 23.2 Å². The predicted molar refractivity (Wildman–Crippen MR) is 93.8 cm³/mol. The van der Waals surface area contributed by atoms with Gasteiger partial charge in [-0.3, -0.25) is 0 Å². The number of nitriles is 1. The van der Waals surface area contributed by atoms with E-state index in [4.69, 9.17) is 10.2 Å². The molecule has 25 heavy (non-hydrogen) atoms. The van der Waals surface area contributed by atoms with E-state index in [0.717, 1.165) is 41.7 Å². The molecule has 1 aromatic heterocycles. The Bertz CT molecular complexity index is 936. The van der Waals surface area contributed by atoms with Gasteiger partial charge in [0.25, 0.3) is 0 Å². The molecule has 0 saturated heterocycles. The Morgan fingerprint density at radius 2 is 1.88 bits per heavy atom. The minimum Gasteiger partial charge on any atom is -0.340 e. The van der Waals surface area contributed by atoms with Crippen LogP contribution in [0.5, 0.6) is 0 Å². The number of halogens is 1. The normalized spacial score (nSPS) is 13.1. The lowest BCUT2D eigenvalue weighted by Crippen LogP contribution is -2.28. The summed E-state index contributed by atoms with van der Waals surface area (Å²) in [7, 11) is 0. The summed E-state index contributed by atoms with van der Waals surface area (Å²) in [6.07, 6.45) is 0. The lowest BCUT2D eigenvalue weighted by molar-refractivity contribution is 0.509. The molecule has 1 aliphatic rings. The summed E-state index contributed by atoms with van der Waals surface area (Å²) in [4.78, 5) is 4.74. The third-order valence-electron chi connectivity index (χ3n) is 4.24. The predicted octanol–water partition coefficient (Wildman–Crippen LogP) is 3.41. The van der Waals surface area contributed by atoms with E-state index in [-0.39, 0.29) is 5.82 Å². The highest BCUT2D eigenvalue weighted by Crippen LogP contribution is 2.32. The van der Waals surface area contributed by atoms with Crippen LogP contribution in [-0.2, 0) is 13.1 Å². The van der Waals surface area contributed by atoms with Gasteiger partial charge < -0.3 is 15.2 Å². The largest absolute Gasteiger partial charge is 0.340 e. The molecule has 0 spiro atoms. The maximum Gasteiger partial charge on any atom is 0.138 e. The molecule has 5 nitrogen and oxygen atoms in total. The van der Waals surface area contributed by atoms with Crippen LogP contribution in [0.15, 0.2) is 48.5 Å². The highest BCUT2D eigenvalue weighted by Gasteiger charge is 2.20. The van der Waals surface area contributed by atoms with Crippen LogP contribution < -0.4 is 10.6 Å². The van der Waals surface area contributed by atoms with E-state index >= 15 is 0 Å². The average molecular weight is 333 g/mol. The van der Waals surface area contributed by atoms with Crippen LogP contribution in [0.2, 0.25) is 0 Å². The number of nitrogens with zero attached hydrogens (tertiary/aromatic N) is 3. The maximum atomic E-state index is 13.3. The summed E-state index contributed by atoms with van der Waals surface area (Å²) in [5.41, 5.74) is 3.15. The third-order valence-corrected chi connectivity index (χ3v) is 4.24. The first kappa shape index (κ1) is 15.4. The maximum absolute atomic E-state index is 13.3. The lowest BCUT2D eigenvalue weighted by Gasteiger charge is -2.18. The van der Waals surface area contributed by atoms with E-state index in [1.807, 2.05) is 12.1 Å². The van der Waals surface area contributed by atoms with Gasteiger partial charge in [-0.25, -0.2) is 9.37 Å². The van der Waals surface area contributed by atoms with Crippen molar-refractivity contribution < 1.29 is 4.39 Å². The van der Waals surface area contributed by atoms with Crippen molar-refractivity contribution in [1.29, 1.82) is 5.26 Å². The van der Waals surface area contributed by atoms with Crippen molar-refractivity contribution in [2.24, 2.45) is 0 Å². The molecule has 3 aromatic rings. The quantitative estimate of drug-likeness (QED) is 0.771. The third kappa shape index (κ3) is 2.97. The minimum atomic E-state index is -0.268. The number of aromatic nitrogens is 2. The van der Waals surface area contributed by atoms with Gasteiger partial charge in [-0.1, -0.05) is 0 Å². The fourth-order valence-electron chi connectivity index (χ4n) is 2.97. The lowest BCUT2D eigenvalue weighted by atomic mass is 10.1. The van der Waals surface area contributed by atoms with Gasteiger partial charge in [0, 0.05) is 24.3 Å². The molecule has 6 heteroatoms. The molecule has 0 radical (unpaired) electrons. The number of benzene rings is 2. The van der Waals surface area contributed by atoms with E-state index in [0.29, 0.717) is 12.1 Å². The van der Waals surface area contributed by atoms with Crippen molar-refractivity contribution in [3.8, 4) is 17.3 Å². The molecule has 0 aliphatic carbocycles. The second-order valence-electron chi connectivity index (χ2n) is 5.87. The van der Waals surface area contributed by atoms with Crippen molar-refractivity contribution in [2.45, 2.75) is 13.1 Å². The van der Waals surface area contributed by atoms with E-state index < -0.39 is 0 Å². The van der Waals surface area contributed by atoms with Crippen LogP contribution in [0.3, 0.4) is 0 Å². The number of hydrogen-bond donors (Lipinski definition) is 2. The Morgan fingerprint density at radius 1 is 1.12 bits per heavy atom. The number of rotatable bonds is 3. The standard InChI is InChI=1S/C19H16FN5/c20-15-5-3-14(4-6-15)18-19(25-10-9-22-12-17(25)24-18)23-16-7-1-13(11-21)2-8-16/h1-8,22-23H,9-10,12H2. The first-order valence-corrected chi connectivity index (χ1v) is 8.08. The number of anilines is 2. The Kier molecular flexibility index (Phi) is 3.92. The second kappa shape index (κ2) is 6.38. The van der Waals surface area contributed by atoms with Crippen LogP contribution >= 0.6 is 0 Å². The molecule has 0 saturated carbocycles. The van der Waals surface area contributed by atoms with Gasteiger partial charge in [-0.15, -0.1) is 0 Å². The molecule has 0 atom stereocenters. The topological polar surface area (TPSA) is 65.7 Å². The van der Waals surface area contributed by atoms with Crippen LogP contribution in [0.4, 0.5) is 15.9 Å². The highest BCUT2D eigenvalue weighted by atomic mass is 19.1. The van der Waals surface area contributed by atoms with Gasteiger partial charge >= 0.3 is 0 Å². The fourth-order valence-corrected chi connectivity index (χ4v) is 2.97. The summed E-state index contributed by atoms with van der Waals surface area (Å²) in [5.74, 6) is 1.56. The summed E-state index contributed by atoms with van der Waals surface area (Å²) in [6.45, 7) is 2.37. The van der Waals surface area contributed by atoms with Crippen molar-refractivity contribution >= 4 is 11.5 Å². The number of fused-ring (bicyclic) bond motifs is 1. The van der Waals surface area contributed by atoms with Gasteiger partial charge in [0.15, 0.2) is 0 Å². The second-order valence-corrected chi connectivity index (χ2v) is 5.87. The first-order valence-electron chi connectivity index (χ1n) is 8.08. The molecular weight excluding hydrogens is 317 g/mol. The Hall–Kier alpha value is -3.17. The van der Waals surface area contributed by atoms with Crippen LogP contribution in [0.25, 0.3) is 11.3 Å². The molecule has 1 aliphatic heterocycles. The summed E-state index contributed by atoms with van der Waals surface area (Å²) < 4.78 is 15.4. The zero-order valence-corrected chi connectivity index (χ0v) is 13.5. The van der Waals surface area contributed by atoms with E-state index in [9.17, 15) is 4.39 Å². The molecule has 0 bridgehead atoms. The molecule has 124 valence electrons. The highest BCUT2D eigenvalue weighted by molar-refractivity contribution is 5.76. The van der Waals surface area contributed by atoms with Gasteiger partial charge in [-0.05, 0) is 48.5 Å². The zero-order valence-electron chi connectivity index (χ0n) is 13.5. The summed E-state index contributed by atoms with van der Waals surface area (Å²) in [5, 5.41) is 15.7. The average Bonchev–Trinajstić information content (AvgIpc) is 3.02. The van der Waals surface area contributed by atoms with Crippen molar-refractivity contribution in [2.75, 3.05) is 11.9 Å². The Morgan fingerprint density at radius 3 is 2.60 bits per heavy atom. The monoisotopic (exact) mass is 333 g/mol. The molecule has 2 aromatic carbocycles. The van der Waals surface area contributed by atoms with E-state index in [1.165, 1.54) is 12.1 Å². The van der Waals surface area contributed by atoms with Gasteiger partial charge in [0.2, 0.25) is 0 Å². The van der Waals surface area contributed by atoms with Crippen LogP contribution in [0.1, 0.15) is 11.4 Å². The summed E-state index contributed by atoms with van der Waals surface area (Å²) >= 11 is 0. The SMILES string of the molecule is N#Cc1ccc(Nc2c(-c3ccc(F)cc3)nc3n2CCNC3)cc1. The van der Waals surface area contributed by atoms with E-state index in [2.05, 4.69) is 21.3 Å². The first-order chi connectivity index (χ1) is 12.2. The molecule has 0 unspecified atom stereocenters. The van der Waals surface area contributed by atoms with Crippen LogP contribution in [-0.4, -0.2) is 16.1 Å². The summed E-state index contributed by atoms with van der Waals surface area (Å²) in [6, 6.07) is 15.8. The Balaban J connectivity index is 1.77. The molecular formula is C19H16FN5. The number of nitrogens with one attached hydrogen (secondary N) is 2. The van der Waals surface area contributed by atoms with Crippen molar-refractivity contribution in [3.63, 3.8) is 0 Å². The van der Waals surface area contributed by atoms with Crippen LogP contribution in [0, 0.1) is 17.1 Å². The van der Waals surface area contributed by atoms with Gasteiger partial charge in [0.05, 0.1) is 18.2 Å². The van der Waals surface area contributed by atoms with Crippen molar-refractivity contribution in [3.05, 3.63) is 65.7 Å². The number of hydrogen-bond acceptors (Lipinski definition) is 4. The van der Waals surface area contributed by atoms with E-state index in [1.54, 1.807) is 24.3 Å².